The van der Waals surface area contributed by atoms with Crippen LogP contribution in [0.3, 0.4) is 0 Å². The van der Waals surface area contributed by atoms with Crippen LogP contribution in [0.2, 0.25) is 5.02 Å². The molecule has 2 aromatic rings. The number of carbonyl (C=O) groups excluding carboxylic acids is 1. The van der Waals surface area contributed by atoms with Crippen molar-refractivity contribution in [3.63, 3.8) is 0 Å². The zero-order valence-corrected chi connectivity index (χ0v) is 13.9. The molecule has 0 unspecified atom stereocenters. The third-order valence-corrected chi connectivity index (χ3v) is 3.55. The Morgan fingerprint density at radius 3 is 2.74 bits per heavy atom. The van der Waals surface area contributed by atoms with E-state index in [0.717, 1.165) is 11.1 Å². The molecule has 0 fully saturated rings. The van der Waals surface area contributed by atoms with Crippen LogP contribution in [0, 0.1) is 0 Å². The zero-order valence-electron chi connectivity index (χ0n) is 13.1. The number of benzene rings is 2. The molecule has 0 aliphatic carbocycles. The lowest BCUT2D eigenvalue weighted by atomic mass is 10.1. The second-order valence-electron chi connectivity index (χ2n) is 5.41. The lowest BCUT2D eigenvalue weighted by Gasteiger charge is -2.09. The van der Waals surface area contributed by atoms with Crippen molar-refractivity contribution in [1.82, 2.24) is 0 Å². The predicted octanol–water partition coefficient (Wildman–Crippen LogP) is 4.87. The summed E-state index contributed by atoms with van der Waals surface area (Å²) in [6.07, 6.45) is 0.984. The summed E-state index contributed by atoms with van der Waals surface area (Å²) in [5, 5.41) is 3.57. The number of rotatable bonds is 7. The van der Waals surface area contributed by atoms with Crippen LogP contribution in [0.15, 0.2) is 60.7 Å². The topological polar surface area (TPSA) is 38.3 Å². The molecule has 0 aromatic heterocycles. The van der Waals surface area contributed by atoms with E-state index in [-0.39, 0.29) is 5.91 Å². The summed E-state index contributed by atoms with van der Waals surface area (Å²) in [6, 6.07) is 14.9. The van der Waals surface area contributed by atoms with Crippen molar-refractivity contribution in [2.75, 3.05) is 11.9 Å². The van der Waals surface area contributed by atoms with Crippen LogP contribution in [-0.2, 0) is 11.2 Å². The van der Waals surface area contributed by atoms with Gasteiger partial charge < -0.3 is 10.1 Å². The maximum Gasteiger partial charge on any atom is 0.224 e. The van der Waals surface area contributed by atoms with E-state index in [1.165, 1.54) is 0 Å². The number of halogens is 1. The van der Waals surface area contributed by atoms with Gasteiger partial charge in [-0.15, -0.1) is 0 Å². The highest BCUT2D eigenvalue weighted by atomic mass is 35.5. The van der Waals surface area contributed by atoms with Crippen LogP contribution >= 0.6 is 11.6 Å². The number of amides is 1. The third-order valence-electron chi connectivity index (χ3n) is 3.18. The molecule has 4 heteroatoms. The molecule has 0 saturated carbocycles. The Morgan fingerprint density at radius 2 is 2.00 bits per heavy atom. The van der Waals surface area contributed by atoms with Crippen molar-refractivity contribution in [2.45, 2.75) is 19.8 Å². The molecule has 0 spiro atoms. The van der Waals surface area contributed by atoms with Gasteiger partial charge in [0.2, 0.25) is 5.91 Å². The first-order valence-corrected chi connectivity index (χ1v) is 7.83. The molecule has 120 valence electrons. The van der Waals surface area contributed by atoms with Crippen molar-refractivity contribution >= 4 is 23.2 Å². The van der Waals surface area contributed by atoms with Gasteiger partial charge in [-0.2, -0.15) is 0 Å². The third kappa shape index (κ3) is 5.80. The molecule has 2 rings (SSSR count). The summed E-state index contributed by atoms with van der Waals surface area (Å²) < 4.78 is 5.57. The lowest BCUT2D eigenvalue weighted by Crippen LogP contribution is -2.12. The van der Waals surface area contributed by atoms with E-state index < -0.39 is 0 Å². The standard InChI is InChI=1S/C19H20ClNO2/c1-14(2)13-23-17-8-5-7-16(12-17)21-19(22)11-10-15-6-3-4-9-18(15)20/h3-9,12H,1,10-11,13H2,2H3,(H,21,22). The van der Waals surface area contributed by atoms with Gasteiger partial charge >= 0.3 is 0 Å². The minimum Gasteiger partial charge on any atom is -0.489 e. The molecule has 0 bridgehead atoms. The van der Waals surface area contributed by atoms with Gasteiger partial charge in [-0.25, -0.2) is 0 Å². The summed E-state index contributed by atoms with van der Waals surface area (Å²) >= 11 is 6.09. The molecule has 0 saturated heterocycles. The Balaban J connectivity index is 1.89. The summed E-state index contributed by atoms with van der Waals surface area (Å²) in [4.78, 5) is 12.1. The van der Waals surface area contributed by atoms with Crippen LogP contribution in [0.5, 0.6) is 5.75 Å². The van der Waals surface area contributed by atoms with E-state index in [1.54, 1.807) is 6.07 Å². The minimum atomic E-state index is -0.0537. The summed E-state index contributed by atoms with van der Waals surface area (Å²) in [5.41, 5.74) is 2.63. The fourth-order valence-electron chi connectivity index (χ4n) is 2.04. The van der Waals surface area contributed by atoms with Crippen LogP contribution in [0.25, 0.3) is 0 Å². The Kier molecular flexibility index (Phi) is 6.24. The quantitative estimate of drug-likeness (QED) is 0.736. The van der Waals surface area contributed by atoms with Crippen molar-refractivity contribution in [1.29, 1.82) is 0 Å². The first kappa shape index (κ1) is 17.1. The number of nitrogens with one attached hydrogen (secondary N) is 1. The fourth-order valence-corrected chi connectivity index (χ4v) is 2.27. The van der Waals surface area contributed by atoms with Gasteiger partial charge in [-0.05, 0) is 42.7 Å². The number of hydrogen-bond donors (Lipinski definition) is 1. The van der Waals surface area contributed by atoms with Gasteiger partial charge in [0.05, 0.1) is 0 Å². The Morgan fingerprint density at radius 1 is 1.22 bits per heavy atom. The highest BCUT2D eigenvalue weighted by Gasteiger charge is 2.06. The average molecular weight is 330 g/mol. The highest BCUT2D eigenvalue weighted by molar-refractivity contribution is 6.31. The smallest absolute Gasteiger partial charge is 0.224 e. The van der Waals surface area contributed by atoms with Crippen molar-refractivity contribution in [2.24, 2.45) is 0 Å². The minimum absolute atomic E-state index is 0.0537. The molecule has 23 heavy (non-hydrogen) atoms. The van der Waals surface area contributed by atoms with Gasteiger partial charge in [-0.3, -0.25) is 4.79 Å². The molecule has 2 aromatic carbocycles. The molecule has 0 heterocycles. The van der Waals surface area contributed by atoms with Gasteiger partial charge in [0, 0.05) is 23.2 Å². The molecule has 0 aliphatic heterocycles. The number of ether oxygens (including phenoxy) is 1. The zero-order chi connectivity index (χ0) is 16.7. The number of aryl methyl sites for hydroxylation is 1. The number of carbonyl (C=O) groups is 1. The molecule has 0 atom stereocenters. The Bertz CT molecular complexity index is 697. The largest absolute Gasteiger partial charge is 0.489 e. The molecular weight excluding hydrogens is 310 g/mol. The average Bonchev–Trinajstić information content (AvgIpc) is 2.52. The maximum absolute atomic E-state index is 12.1. The van der Waals surface area contributed by atoms with E-state index in [9.17, 15) is 4.79 Å². The second kappa shape index (κ2) is 8.39. The monoisotopic (exact) mass is 329 g/mol. The van der Waals surface area contributed by atoms with Gasteiger partial charge in [0.15, 0.2) is 0 Å². The molecule has 0 aliphatic rings. The second-order valence-corrected chi connectivity index (χ2v) is 5.82. The van der Waals surface area contributed by atoms with E-state index in [4.69, 9.17) is 16.3 Å². The van der Waals surface area contributed by atoms with E-state index in [1.807, 2.05) is 49.4 Å². The molecule has 1 N–H and O–H groups in total. The van der Waals surface area contributed by atoms with Crippen molar-refractivity contribution < 1.29 is 9.53 Å². The van der Waals surface area contributed by atoms with Gasteiger partial charge in [0.1, 0.15) is 12.4 Å². The van der Waals surface area contributed by atoms with Gasteiger partial charge in [0.25, 0.3) is 0 Å². The van der Waals surface area contributed by atoms with Crippen molar-refractivity contribution in [3.05, 3.63) is 71.3 Å². The van der Waals surface area contributed by atoms with Crippen LogP contribution in [-0.4, -0.2) is 12.5 Å². The number of anilines is 1. The van der Waals surface area contributed by atoms with E-state index >= 15 is 0 Å². The molecule has 3 nitrogen and oxygen atoms in total. The maximum atomic E-state index is 12.1. The summed E-state index contributed by atoms with van der Waals surface area (Å²) in [6.45, 7) is 6.16. The fraction of sp³-hybridized carbons (Fsp3) is 0.211. The SMILES string of the molecule is C=C(C)COc1cccc(NC(=O)CCc2ccccc2Cl)c1. The van der Waals surface area contributed by atoms with Crippen LogP contribution in [0.4, 0.5) is 5.69 Å². The summed E-state index contributed by atoms with van der Waals surface area (Å²) in [5.74, 6) is 0.652. The predicted molar refractivity (Wildman–Crippen MR) is 95.2 cm³/mol. The highest BCUT2D eigenvalue weighted by Crippen LogP contribution is 2.19. The van der Waals surface area contributed by atoms with E-state index in [0.29, 0.717) is 35.9 Å². The Labute approximate surface area is 141 Å². The molecule has 0 radical (unpaired) electrons. The first-order valence-electron chi connectivity index (χ1n) is 7.45. The number of hydrogen-bond acceptors (Lipinski definition) is 2. The lowest BCUT2D eigenvalue weighted by molar-refractivity contribution is -0.116. The first-order chi connectivity index (χ1) is 11.0. The van der Waals surface area contributed by atoms with Crippen molar-refractivity contribution in [3.8, 4) is 5.75 Å². The molecule has 1 amide bonds. The van der Waals surface area contributed by atoms with Gasteiger partial charge in [-0.1, -0.05) is 42.4 Å². The van der Waals surface area contributed by atoms with E-state index in [2.05, 4.69) is 11.9 Å². The Hall–Kier alpha value is -2.26. The summed E-state index contributed by atoms with van der Waals surface area (Å²) in [7, 11) is 0. The van der Waals surface area contributed by atoms with Crippen LogP contribution < -0.4 is 10.1 Å². The van der Waals surface area contributed by atoms with Crippen LogP contribution in [0.1, 0.15) is 18.9 Å². The molecular formula is C19H20ClNO2. The normalized spacial score (nSPS) is 10.2.